The first kappa shape index (κ1) is 22.4. The molecule has 0 radical (unpaired) electrons. The van der Waals surface area contributed by atoms with Crippen LogP contribution in [0.25, 0.3) is 0 Å². The molecule has 2 aromatic heterocycles. The number of hydrogen-bond donors (Lipinski definition) is 1. The third-order valence-electron chi connectivity index (χ3n) is 4.75. The van der Waals surface area contributed by atoms with Crippen molar-refractivity contribution >= 4 is 12.2 Å². The summed E-state index contributed by atoms with van der Waals surface area (Å²) in [6.07, 6.45) is 5.00. The number of aromatic nitrogens is 2. The van der Waals surface area contributed by atoms with E-state index in [0.29, 0.717) is 17.1 Å². The molecule has 28 heavy (non-hydrogen) atoms. The third kappa shape index (κ3) is 7.27. The van der Waals surface area contributed by atoms with Gasteiger partial charge in [0.1, 0.15) is 10.7 Å². The molecule has 0 saturated heterocycles. The zero-order valence-corrected chi connectivity index (χ0v) is 18.9. The SMILES string of the molecule is CCC(CCC(C)(C)c1ccc(OCC(C)(C)C)nc1)Oc1cccc(=S)[nH]1. The molecular formula is C23H34N2O2S. The van der Waals surface area contributed by atoms with Gasteiger partial charge in [0.15, 0.2) is 5.88 Å². The fourth-order valence-corrected chi connectivity index (χ4v) is 3.02. The fraction of sp³-hybridized carbons (Fsp3) is 0.565. The molecule has 0 aliphatic rings. The minimum Gasteiger partial charge on any atom is -0.477 e. The Morgan fingerprint density at radius 1 is 1.11 bits per heavy atom. The smallest absolute Gasteiger partial charge is 0.213 e. The zero-order valence-electron chi connectivity index (χ0n) is 18.0. The molecule has 0 aromatic carbocycles. The van der Waals surface area contributed by atoms with Gasteiger partial charge in [0, 0.05) is 12.3 Å². The molecule has 1 unspecified atom stereocenters. The van der Waals surface area contributed by atoms with Gasteiger partial charge in [0.05, 0.1) is 6.61 Å². The van der Waals surface area contributed by atoms with E-state index in [0.717, 1.165) is 25.1 Å². The Morgan fingerprint density at radius 3 is 2.43 bits per heavy atom. The van der Waals surface area contributed by atoms with Crippen molar-refractivity contribution in [2.45, 2.75) is 72.3 Å². The third-order valence-corrected chi connectivity index (χ3v) is 4.99. The fourth-order valence-electron chi connectivity index (χ4n) is 2.84. The van der Waals surface area contributed by atoms with Crippen LogP contribution in [0.4, 0.5) is 0 Å². The van der Waals surface area contributed by atoms with Crippen molar-refractivity contribution in [3.05, 3.63) is 46.7 Å². The Labute approximate surface area is 174 Å². The van der Waals surface area contributed by atoms with Crippen molar-refractivity contribution in [2.75, 3.05) is 6.61 Å². The standard InChI is InChI=1S/C23H34N2O2S/c1-7-18(27-20-9-8-10-21(28)25-20)13-14-23(5,6)17-11-12-19(24-15-17)26-16-22(2,3)4/h8-12,15,18H,7,13-14,16H2,1-6H3,(H,25,28). The highest BCUT2D eigenvalue weighted by atomic mass is 32.1. The molecule has 1 N–H and O–H groups in total. The maximum Gasteiger partial charge on any atom is 0.213 e. The van der Waals surface area contributed by atoms with Gasteiger partial charge in [-0.3, -0.25) is 0 Å². The van der Waals surface area contributed by atoms with E-state index in [1.54, 1.807) is 0 Å². The van der Waals surface area contributed by atoms with E-state index in [4.69, 9.17) is 21.7 Å². The number of aromatic amines is 1. The normalized spacial score (nSPS) is 13.2. The first-order chi connectivity index (χ1) is 13.1. The van der Waals surface area contributed by atoms with Crippen LogP contribution < -0.4 is 9.47 Å². The van der Waals surface area contributed by atoms with Gasteiger partial charge in [-0.1, -0.05) is 65.9 Å². The lowest BCUT2D eigenvalue weighted by molar-refractivity contribution is 0.167. The van der Waals surface area contributed by atoms with Gasteiger partial charge in [-0.05, 0) is 47.8 Å². The Bertz CT molecular complexity index is 791. The molecule has 2 heterocycles. The molecule has 2 aromatic rings. The molecule has 1 atom stereocenters. The minimum atomic E-state index is 0.00984. The Hall–Kier alpha value is -1.88. The summed E-state index contributed by atoms with van der Waals surface area (Å²) in [7, 11) is 0. The molecule has 0 aliphatic heterocycles. The van der Waals surface area contributed by atoms with Crippen LogP contribution in [0.1, 0.15) is 66.4 Å². The molecule has 0 spiro atoms. The largest absolute Gasteiger partial charge is 0.477 e. The summed E-state index contributed by atoms with van der Waals surface area (Å²) >= 11 is 5.17. The van der Waals surface area contributed by atoms with Gasteiger partial charge in [-0.15, -0.1) is 0 Å². The van der Waals surface area contributed by atoms with E-state index < -0.39 is 0 Å². The van der Waals surface area contributed by atoms with E-state index in [-0.39, 0.29) is 16.9 Å². The number of H-pyrrole nitrogens is 1. The summed E-state index contributed by atoms with van der Waals surface area (Å²) in [6, 6.07) is 9.79. The lowest BCUT2D eigenvalue weighted by atomic mass is 9.80. The molecular weight excluding hydrogens is 368 g/mol. The van der Waals surface area contributed by atoms with Gasteiger partial charge in [-0.25, -0.2) is 4.98 Å². The maximum absolute atomic E-state index is 6.10. The summed E-state index contributed by atoms with van der Waals surface area (Å²) in [5.74, 6) is 1.42. The van der Waals surface area contributed by atoms with Crippen LogP contribution in [0, 0.1) is 10.1 Å². The zero-order chi connectivity index (χ0) is 20.8. The highest BCUT2D eigenvalue weighted by molar-refractivity contribution is 7.71. The van der Waals surface area contributed by atoms with Crippen LogP contribution in [0.15, 0.2) is 36.5 Å². The Morgan fingerprint density at radius 2 is 1.86 bits per heavy atom. The van der Waals surface area contributed by atoms with Gasteiger partial charge in [0.25, 0.3) is 0 Å². The second-order valence-corrected chi connectivity index (χ2v) is 9.62. The second-order valence-electron chi connectivity index (χ2n) is 9.18. The molecule has 0 aliphatic carbocycles. The van der Waals surface area contributed by atoms with E-state index in [1.165, 1.54) is 5.56 Å². The summed E-state index contributed by atoms with van der Waals surface area (Å²) in [6.45, 7) is 13.8. The lowest BCUT2D eigenvalue weighted by Gasteiger charge is -2.28. The lowest BCUT2D eigenvalue weighted by Crippen LogP contribution is -2.23. The minimum absolute atomic E-state index is 0.00984. The van der Waals surface area contributed by atoms with E-state index >= 15 is 0 Å². The molecule has 0 bridgehead atoms. The van der Waals surface area contributed by atoms with Crippen LogP contribution in [0.2, 0.25) is 0 Å². The van der Waals surface area contributed by atoms with Crippen LogP contribution in [-0.4, -0.2) is 22.7 Å². The van der Waals surface area contributed by atoms with Gasteiger partial charge in [0.2, 0.25) is 5.88 Å². The molecule has 0 amide bonds. The predicted octanol–water partition coefficient (Wildman–Crippen LogP) is 6.48. The van der Waals surface area contributed by atoms with E-state index in [9.17, 15) is 0 Å². The summed E-state index contributed by atoms with van der Waals surface area (Å²) in [5.41, 5.74) is 1.34. The monoisotopic (exact) mass is 402 g/mol. The van der Waals surface area contributed by atoms with E-state index in [2.05, 4.69) is 57.6 Å². The molecule has 154 valence electrons. The number of hydrogen-bond acceptors (Lipinski definition) is 4. The van der Waals surface area contributed by atoms with Crippen molar-refractivity contribution in [3.8, 4) is 11.8 Å². The maximum atomic E-state index is 6.10. The molecule has 2 rings (SSSR count). The van der Waals surface area contributed by atoms with Gasteiger partial charge < -0.3 is 14.5 Å². The van der Waals surface area contributed by atoms with Crippen molar-refractivity contribution in [3.63, 3.8) is 0 Å². The highest BCUT2D eigenvalue weighted by Crippen LogP contribution is 2.30. The van der Waals surface area contributed by atoms with Crippen molar-refractivity contribution in [1.29, 1.82) is 0 Å². The van der Waals surface area contributed by atoms with Crippen LogP contribution >= 0.6 is 12.2 Å². The number of nitrogens with zero attached hydrogens (tertiary/aromatic N) is 1. The second kappa shape index (κ2) is 9.55. The summed E-state index contributed by atoms with van der Waals surface area (Å²) < 4.78 is 12.6. The van der Waals surface area contributed by atoms with Crippen molar-refractivity contribution < 1.29 is 9.47 Å². The number of nitrogens with one attached hydrogen (secondary N) is 1. The van der Waals surface area contributed by atoms with Crippen molar-refractivity contribution in [2.24, 2.45) is 5.41 Å². The Kier molecular flexibility index (Phi) is 7.64. The average Bonchev–Trinajstić information content (AvgIpc) is 2.63. The molecule has 0 fully saturated rings. The number of ether oxygens (including phenoxy) is 2. The first-order valence-electron chi connectivity index (χ1n) is 10.0. The van der Waals surface area contributed by atoms with Crippen LogP contribution in [0.3, 0.4) is 0 Å². The molecule has 4 nitrogen and oxygen atoms in total. The topological polar surface area (TPSA) is 47.1 Å². The van der Waals surface area contributed by atoms with E-state index in [1.807, 2.05) is 30.5 Å². The predicted molar refractivity (Wildman–Crippen MR) is 118 cm³/mol. The van der Waals surface area contributed by atoms with Crippen molar-refractivity contribution in [1.82, 2.24) is 9.97 Å². The quantitative estimate of drug-likeness (QED) is 0.488. The van der Waals surface area contributed by atoms with Gasteiger partial charge in [-0.2, -0.15) is 0 Å². The Balaban J connectivity index is 1.95. The number of pyridine rings is 2. The summed E-state index contributed by atoms with van der Waals surface area (Å²) in [4.78, 5) is 7.60. The highest BCUT2D eigenvalue weighted by Gasteiger charge is 2.23. The molecule has 5 heteroatoms. The number of rotatable bonds is 9. The average molecular weight is 403 g/mol. The molecule has 0 saturated carbocycles. The van der Waals surface area contributed by atoms with Gasteiger partial charge >= 0.3 is 0 Å². The summed E-state index contributed by atoms with van der Waals surface area (Å²) in [5, 5.41) is 0. The first-order valence-corrected chi connectivity index (χ1v) is 10.5. The van der Waals surface area contributed by atoms with Crippen LogP contribution in [-0.2, 0) is 5.41 Å². The van der Waals surface area contributed by atoms with Crippen LogP contribution in [0.5, 0.6) is 11.8 Å².